The monoisotopic (exact) mass is 326 g/mol. The van der Waals surface area contributed by atoms with E-state index < -0.39 is 21.7 Å². The van der Waals surface area contributed by atoms with E-state index in [1.807, 2.05) is 0 Å². The summed E-state index contributed by atoms with van der Waals surface area (Å²) in [6.45, 7) is 0.690. The van der Waals surface area contributed by atoms with Crippen LogP contribution in [0.4, 0.5) is 8.78 Å². The molecule has 0 saturated carbocycles. The zero-order valence-corrected chi connectivity index (χ0v) is 12.6. The van der Waals surface area contributed by atoms with Crippen LogP contribution in [0.1, 0.15) is 12.8 Å². The quantitative estimate of drug-likeness (QED) is 0.921. The van der Waals surface area contributed by atoms with Crippen molar-refractivity contribution in [1.29, 1.82) is 0 Å². The minimum Gasteiger partial charge on any atom is -0.316 e. The lowest BCUT2D eigenvalue weighted by atomic mass is 10.1. The van der Waals surface area contributed by atoms with E-state index in [2.05, 4.69) is 5.32 Å². The summed E-state index contributed by atoms with van der Waals surface area (Å²) in [5, 5.41) is 3.03. The van der Waals surface area contributed by atoms with Crippen LogP contribution in [0.25, 0.3) is 0 Å². The molecule has 0 spiro atoms. The van der Waals surface area contributed by atoms with Crippen molar-refractivity contribution in [3.05, 3.63) is 29.8 Å². The van der Waals surface area contributed by atoms with Crippen LogP contribution < -0.4 is 5.32 Å². The molecule has 0 radical (unpaired) electrons. The number of sulfonamides is 1. The molecule has 4 nitrogen and oxygen atoms in total. The number of hydrogen-bond acceptors (Lipinski definition) is 3. The highest BCUT2D eigenvalue weighted by atomic mass is 35.5. The van der Waals surface area contributed by atoms with Gasteiger partial charge in [-0.15, -0.1) is 12.4 Å². The number of piperidine rings is 1. The fourth-order valence-electron chi connectivity index (χ4n) is 2.22. The van der Waals surface area contributed by atoms with Crippen molar-refractivity contribution < 1.29 is 17.2 Å². The van der Waals surface area contributed by atoms with Gasteiger partial charge in [0.1, 0.15) is 11.6 Å². The Morgan fingerprint density at radius 1 is 1.25 bits per heavy atom. The van der Waals surface area contributed by atoms with Crippen molar-refractivity contribution in [3.8, 4) is 0 Å². The number of rotatable bonds is 3. The van der Waals surface area contributed by atoms with Crippen LogP contribution in [0.3, 0.4) is 0 Å². The summed E-state index contributed by atoms with van der Waals surface area (Å²) < 4.78 is 52.2. The van der Waals surface area contributed by atoms with Crippen molar-refractivity contribution >= 4 is 22.4 Å². The summed E-state index contributed by atoms with van der Waals surface area (Å²) >= 11 is 0. The summed E-state index contributed by atoms with van der Waals surface area (Å²) in [6.07, 6.45) is 1.61. The van der Waals surface area contributed by atoms with Crippen molar-refractivity contribution in [1.82, 2.24) is 9.62 Å². The largest absolute Gasteiger partial charge is 0.316 e. The van der Waals surface area contributed by atoms with Crippen LogP contribution in [-0.4, -0.2) is 38.9 Å². The van der Waals surface area contributed by atoms with Gasteiger partial charge in [0.25, 0.3) is 0 Å². The van der Waals surface area contributed by atoms with Crippen LogP contribution in [0.15, 0.2) is 23.1 Å². The molecule has 1 aliphatic heterocycles. The van der Waals surface area contributed by atoms with E-state index in [1.165, 1.54) is 4.31 Å². The third kappa shape index (κ3) is 3.66. The summed E-state index contributed by atoms with van der Waals surface area (Å²) in [5.41, 5.74) is 0. The molecule has 1 N–H and O–H groups in total. The van der Waals surface area contributed by atoms with Gasteiger partial charge in [-0.05, 0) is 32.0 Å². The van der Waals surface area contributed by atoms with Crippen molar-refractivity contribution in [3.63, 3.8) is 0 Å². The van der Waals surface area contributed by atoms with E-state index in [9.17, 15) is 17.2 Å². The van der Waals surface area contributed by atoms with E-state index in [0.717, 1.165) is 25.0 Å². The lowest BCUT2D eigenvalue weighted by Gasteiger charge is -2.31. The van der Waals surface area contributed by atoms with Gasteiger partial charge in [-0.2, -0.15) is 4.31 Å². The fraction of sp³-hybridized carbons (Fsp3) is 0.500. The maximum atomic E-state index is 13.1. The van der Waals surface area contributed by atoms with Crippen molar-refractivity contribution in [2.24, 2.45) is 0 Å². The molecule has 2 rings (SSSR count). The molecule has 0 bridgehead atoms. The van der Waals surface area contributed by atoms with Gasteiger partial charge in [-0.25, -0.2) is 17.2 Å². The summed E-state index contributed by atoms with van der Waals surface area (Å²) in [6, 6.07) is 2.43. The van der Waals surface area contributed by atoms with Gasteiger partial charge in [0.15, 0.2) is 0 Å². The molecule has 114 valence electrons. The molecule has 1 heterocycles. The van der Waals surface area contributed by atoms with Gasteiger partial charge >= 0.3 is 0 Å². The molecule has 0 amide bonds. The van der Waals surface area contributed by atoms with E-state index >= 15 is 0 Å². The molecule has 1 aromatic rings. The van der Waals surface area contributed by atoms with E-state index in [4.69, 9.17) is 0 Å². The van der Waals surface area contributed by atoms with Crippen molar-refractivity contribution in [2.75, 3.05) is 20.1 Å². The highest BCUT2D eigenvalue weighted by Crippen LogP contribution is 2.22. The van der Waals surface area contributed by atoms with Crippen LogP contribution in [0, 0.1) is 11.6 Å². The topological polar surface area (TPSA) is 49.4 Å². The molecule has 1 aliphatic rings. The summed E-state index contributed by atoms with van der Waals surface area (Å²) in [4.78, 5) is -0.332. The Balaban J connectivity index is 0.00000200. The van der Waals surface area contributed by atoms with Gasteiger partial charge in [-0.1, -0.05) is 0 Å². The maximum absolute atomic E-state index is 13.1. The minimum absolute atomic E-state index is 0. The molecule has 0 aliphatic carbocycles. The molecule has 20 heavy (non-hydrogen) atoms. The number of nitrogens with one attached hydrogen (secondary N) is 1. The minimum atomic E-state index is -3.84. The molecule has 0 aromatic heterocycles. The average molecular weight is 327 g/mol. The van der Waals surface area contributed by atoms with Gasteiger partial charge < -0.3 is 5.32 Å². The van der Waals surface area contributed by atoms with E-state index in [0.29, 0.717) is 19.2 Å². The molecule has 1 unspecified atom stereocenters. The number of nitrogens with zero attached hydrogens (tertiary/aromatic N) is 1. The summed E-state index contributed by atoms with van der Waals surface area (Å²) in [7, 11) is -2.07. The number of hydrogen-bond donors (Lipinski definition) is 1. The fourth-order valence-corrected chi connectivity index (χ4v) is 3.79. The predicted octanol–water partition coefficient (Wildman–Crippen LogP) is 1.76. The van der Waals surface area contributed by atoms with Gasteiger partial charge in [0, 0.05) is 25.2 Å². The summed E-state index contributed by atoms with van der Waals surface area (Å²) in [5.74, 6) is -1.78. The molecule has 1 fully saturated rings. The van der Waals surface area contributed by atoms with Gasteiger partial charge in [-0.3, -0.25) is 0 Å². The SMILES string of the molecule is CNC1CCCN(S(=O)(=O)c2cc(F)cc(F)c2)C1.Cl. The normalized spacial score (nSPS) is 20.4. The number of likely N-dealkylation sites (N-methyl/N-ethyl adjacent to an activating group) is 1. The second-order valence-corrected chi connectivity index (χ2v) is 6.53. The van der Waals surface area contributed by atoms with Crippen LogP contribution in [-0.2, 0) is 10.0 Å². The Morgan fingerprint density at radius 3 is 2.40 bits per heavy atom. The molecule has 1 atom stereocenters. The Kier molecular flexibility index (Phi) is 5.88. The molecular weight excluding hydrogens is 310 g/mol. The van der Waals surface area contributed by atoms with Gasteiger partial charge in [0.2, 0.25) is 10.0 Å². The number of halogens is 3. The third-order valence-corrected chi connectivity index (χ3v) is 5.11. The Bertz CT molecular complexity index is 548. The molecular formula is C12H17ClF2N2O2S. The van der Waals surface area contributed by atoms with Crippen molar-refractivity contribution in [2.45, 2.75) is 23.8 Å². The molecule has 1 aromatic carbocycles. The zero-order valence-electron chi connectivity index (χ0n) is 11.0. The first-order chi connectivity index (χ1) is 8.93. The lowest BCUT2D eigenvalue weighted by molar-refractivity contribution is 0.292. The van der Waals surface area contributed by atoms with Crippen LogP contribution >= 0.6 is 12.4 Å². The average Bonchev–Trinajstić information content (AvgIpc) is 2.37. The third-order valence-electron chi connectivity index (χ3n) is 3.27. The Morgan fingerprint density at radius 2 is 1.85 bits per heavy atom. The van der Waals surface area contributed by atoms with Crippen LogP contribution in [0.5, 0.6) is 0 Å². The maximum Gasteiger partial charge on any atom is 0.243 e. The van der Waals surface area contributed by atoms with E-state index in [-0.39, 0.29) is 23.3 Å². The first kappa shape index (κ1) is 17.3. The Labute approximate surface area is 123 Å². The molecule has 8 heteroatoms. The van der Waals surface area contributed by atoms with Crippen LogP contribution in [0.2, 0.25) is 0 Å². The first-order valence-electron chi connectivity index (χ1n) is 6.07. The highest BCUT2D eigenvalue weighted by Gasteiger charge is 2.30. The first-order valence-corrected chi connectivity index (χ1v) is 7.51. The lowest BCUT2D eigenvalue weighted by Crippen LogP contribution is -2.46. The van der Waals surface area contributed by atoms with E-state index in [1.54, 1.807) is 7.05 Å². The second-order valence-electron chi connectivity index (χ2n) is 4.60. The predicted molar refractivity (Wildman–Crippen MR) is 74.4 cm³/mol. The second kappa shape index (κ2) is 6.80. The highest BCUT2D eigenvalue weighted by molar-refractivity contribution is 7.89. The smallest absolute Gasteiger partial charge is 0.243 e. The number of benzene rings is 1. The zero-order chi connectivity index (χ0) is 14.0. The van der Waals surface area contributed by atoms with Gasteiger partial charge in [0.05, 0.1) is 4.90 Å². The standard InChI is InChI=1S/C12H16F2N2O2S.ClH/c1-15-11-3-2-4-16(8-11)19(17,18)12-6-9(13)5-10(14)7-12;/h5-7,11,15H,2-4,8H2,1H3;1H. The molecule has 1 saturated heterocycles. The Hall–Kier alpha value is -0.760.